The Morgan fingerprint density at radius 3 is 2.38 bits per heavy atom. The Labute approximate surface area is 136 Å². The van der Waals surface area contributed by atoms with Gasteiger partial charge in [-0.3, -0.25) is 0 Å². The SMILES string of the molecule is Cc1cc(C)cc(NC(=S)NCCSc2ccccc2)c1. The predicted octanol–water partition coefficient (Wildman–Crippen LogP) is 4.38. The van der Waals surface area contributed by atoms with Gasteiger partial charge >= 0.3 is 0 Å². The Kier molecular flexibility index (Phi) is 6.08. The van der Waals surface area contributed by atoms with E-state index in [1.54, 1.807) is 0 Å². The maximum atomic E-state index is 5.32. The van der Waals surface area contributed by atoms with Gasteiger partial charge in [0.05, 0.1) is 0 Å². The fourth-order valence-corrected chi connectivity index (χ4v) is 3.08. The quantitative estimate of drug-likeness (QED) is 0.485. The van der Waals surface area contributed by atoms with Crippen LogP contribution in [0.5, 0.6) is 0 Å². The fourth-order valence-electron chi connectivity index (χ4n) is 2.07. The van der Waals surface area contributed by atoms with Crippen LogP contribution in [0.25, 0.3) is 0 Å². The van der Waals surface area contributed by atoms with Crippen LogP contribution >= 0.6 is 24.0 Å². The van der Waals surface area contributed by atoms with E-state index in [9.17, 15) is 0 Å². The second-order valence-corrected chi connectivity index (χ2v) is 6.50. The predicted molar refractivity (Wildman–Crippen MR) is 97.3 cm³/mol. The number of hydrogen-bond donors (Lipinski definition) is 2. The zero-order chi connectivity index (χ0) is 15.1. The highest BCUT2D eigenvalue weighted by molar-refractivity contribution is 7.99. The van der Waals surface area contributed by atoms with Crippen LogP contribution in [0, 0.1) is 13.8 Å². The Bertz CT molecular complexity index is 577. The number of thiocarbonyl (C=S) groups is 1. The molecule has 0 spiro atoms. The molecule has 0 aromatic heterocycles. The van der Waals surface area contributed by atoms with Crippen LogP contribution in [0.1, 0.15) is 11.1 Å². The van der Waals surface area contributed by atoms with Gasteiger partial charge in [0, 0.05) is 22.9 Å². The normalized spacial score (nSPS) is 10.2. The molecule has 0 saturated carbocycles. The summed E-state index contributed by atoms with van der Waals surface area (Å²) in [6.07, 6.45) is 0. The third-order valence-electron chi connectivity index (χ3n) is 2.88. The van der Waals surface area contributed by atoms with Crippen molar-refractivity contribution in [3.63, 3.8) is 0 Å². The number of aryl methyl sites for hydroxylation is 2. The van der Waals surface area contributed by atoms with E-state index in [1.165, 1.54) is 16.0 Å². The molecule has 0 saturated heterocycles. The van der Waals surface area contributed by atoms with Crippen molar-refractivity contribution >= 4 is 34.8 Å². The molecule has 2 rings (SSSR count). The Balaban J connectivity index is 1.72. The van der Waals surface area contributed by atoms with Crippen LogP contribution in [0.15, 0.2) is 53.4 Å². The number of anilines is 1. The minimum absolute atomic E-state index is 0.675. The van der Waals surface area contributed by atoms with Gasteiger partial charge in [0.15, 0.2) is 5.11 Å². The van der Waals surface area contributed by atoms with Gasteiger partial charge in [-0.25, -0.2) is 0 Å². The molecular weight excluding hydrogens is 296 g/mol. The fraction of sp³-hybridized carbons (Fsp3) is 0.235. The summed E-state index contributed by atoms with van der Waals surface area (Å²) in [5.41, 5.74) is 3.51. The minimum atomic E-state index is 0.675. The summed E-state index contributed by atoms with van der Waals surface area (Å²) >= 11 is 7.14. The molecular formula is C17H20N2S2. The van der Waals surface area contributed by atoms with Gasteiger partial charge in [0.2, 0.25) is 0 Å². The average molecular weight is 316 g/mol. The Morgan fingerprint density at radius 1 is 1.05 bits per heavy atom. The second kappa shape index (κ2) is 8.05. The second-order valence-electron chi connectivity index (χ2n) is 4.92. The first-order chi connectivity index (χ1) is 10.1. The topological polar surface area (TPSA) is 24.1 Å². The molecule has 0 aliphatic heterocycles. The highest BCUT2D eigenvalue weighted by atomic mass is 32.2. The lowest BCUT2D eigenvalue weighted by molar-refractivity contribution is 0.990. The number of benzene rings is 2. The maximum Gasteiger partial charge on any atom is 0.170 e. The summed E-state index contributed by atoms with van der Waals surface area (Å²) < 4.78 is 0. The van der Waals surface area contributed by atoms with E-state index in [0.29, 0.717) is 5.11 Å². The van der Waals surface area contributed by atoms with E-state index in [2.05, 4.69) is 66.9 Å². The molecule has 0 aliphatic rings. The van der Waals surface area contributed by atoms with E-state index in [1.807, 2.05) is 17.8 Å². The van der Waals surface area contributed by atoms with Crippen LogP contribution in [-0.4, -0.2) is 17.4 Å². The first kappa shape index (κ1) is 15.9. The molecule has 0 radical (unpaired) electrons. The maximum absolute atomic E-state index is 5.32. The van der Waals surface area contributed by atoms with Gasteiger partial charge in [-0.15, -0.1) is 11.8 Å². The highest BCUT2D eigenvalue weighted by Crippen LogP contribution is 2.16. The van der Waals surface area contributed by atoms with Crippen LogP contribution in [0.2, 0.25) is 0 Å². The standard InChI is InChI=1S/C17H20N2S2/c1-13-10-14(2)12-15(11-13)19-17(20)18-8-9-21-16-6-4-3-5-7-16/h3-7,10-12H,8-9H2,1-2H3,(H2,18,19,20). The Morgan fingerprint density at radius 2 is 1.71 bits per heavy atom. The summed E-state index contributed by atoms with van der Waals surface area (Å²) in [6, 6.07) is 16.7. The van der Waals surface area contributed by atoms with Crippen molar-refractivity contribution in [2.45, 2.75) is 18.7 Å². The molecule has 21 heavy (non-hydrogen) atoms. The van der Waals surface area contributed by atoms with E-state index in [0.717, 1.165) is 18.0 Å². The molecule has 0 amide bonds. The van der Waals surface area contributed by atoms with Crippen LogP contribution in [-0.2, 0) is 0 Å². The third kappa shape index (κ3) is 5.78. The minimum Gasteiger partial charge on any atom is -0.362 e. The first-order valence-electron chi connectivity index (χ1n) is 6.94. The molecule has 0 fully saturated rings. The van der Waals surface area contributed by atoms with Crippen LogP contribution in [0.4, 0.5) is 5.69 Å². The molecule has 0 heterocycles. The van der Waals surface area contributed by atoms with Crippen molar-refractivity contribution in [1.82, 2.24) is 5.32 Å². The zero-order valence-electron chi connectivity index (χ0n) is 12.3. The number of nitrogens with one attached hydrogen (secondary N) is 2. The smallest absolute Gasteiger partial charge is 0.170 e. The van der Waals surface area contributed by atoms with Gasteiger partial charge < -0.3 is 10.6 Å². The molecule has 0 atom stereocenters. The third-order valence-corrected chi connectivity index (χ3v) is 4.14. The summed E-state index contributed by atoms with van der Waals surface area (Å²) in [7, 11) is 0. The van der Waals surface area contributed by atoms with Crippen molar-refractivity contribution in [2.24, 2.45) is 0 Å². The number of thioether (sulfide) groups is 1. The number of hydrogen-bond acceptors (Lipinski definition) is 2. The van der Waals surface area contributed by atoms with Crippen LogP contribution in [0.3, 0.4) is 0 Å². The van der Waals surface area contributed by atoms with Crippen molar-refractivity contribution < 1.29 is 0 Å². The van der Waals surface area contributed by atoms with E-state index >= 15 is 0 Å². The first-order valence-corrected chi connectivity index (χ1v) is 8.34. The summed E-state index contributed by atoms with van der Waals surface area (Å²) in [5, 5.41) is 7.15. The molecule has 0 bridgehead atoms. The van der Waals surface area contributed by atoms with Crippen LogP contribution < -0.4 is 10.6 Å². The van der Waals surface area contributed by atoms with Gasteiger partial charge in [-0.1, -0.05) is 24.3 Å². The molecule has 0 aliphatic carbocycles. The van der Waals surface area contributed by atoms with Gasteiger partial charge in [0.1, 0.15) is 0 Å². The molecule has 2 nitrogen and oxygen atoms in total. The molecule has 2 aromatic carbocycles. The van der Waals surface area contributed by atoms with E-state index in [-0.39, 0.29) is 0 Å². The van der Waals surface area contributed by atoms with E-state index < -0.39 is 0 Å². The van der Waals surface area contributed by atoms with Gasteiger partial charge in [-0.2, -0.15) is 0 Å². The van der Waals surface area contributed by atoms with Crippen molar-refractivity contribution in [2.75, 3.05) is 17.6 Å². The lowest BCUT2D eigenvalue weighted by Gasteiger charge is -2.11. The largest absolute Gasteiger partial charge is 0.362 e. The van der Waals surface area contributed by atoms with Crippen molar-refractivity contribution in [3.8, 4) is 0 Å². The van der Waals surface area contributed by atoms with Gasteiger partial charge in [-0.05, 0) is 61.5 Å². The highest BCUT2D eigenvalue weighted by Gasteiger charge is 1.99. The Hall–Kier alpha value is -1.52. The van der Waals surface area contributed by atoms with E-state index in [4.69, 9.17) is 12.2 Å². The molecule has 4 heteroatoms. The summed E-state index contributed by atoms with van der Waals surface area (Å²) in [6.45, 7) is 5.02. The van der Waals surface area contributed by atoms with Crippen molar-refractivity contribution in [1.29, 1.82) is 0 Å². The lowest BCUT2D eigenvalue weighted by Crippen LogP contribution is -2.30. The lowest BCUT2D eigenvalue weighted by atomic mass is 10.1. The zero-order valence-corrected chi connectivity index (χ0v) is 14.0. The van der Waals surface area contributed by atoms with Gasteiger partial charge in [0.25, 0.3) is 0 Å². The average Bonchev–Trinajstić information content (AvgIpc) is 2.43. The molecule has 110 valence electrons. The molecule has 2 N–H and O–H groups in total. The monoisotopic (exact) mass is 316 g/mol. The number of rotatable bonds is 5. The molecule has 0 unspecified atom stereocenters. The van der Waals surface area contributed by atoms with Crippen molar-refractivity contribution in [3.05, 3.63) is 59.7 Å². The summed E-state index contributed by atoms with van der Waals surface area (Å²) in [4.78, 5) is 1.28. The molecule has 2 aromatic rings. The summed E-state index contributed by atoms with van der Waals surface area (Å²) in [5.74, 6) is 0.985.